The van der Waals surface area contributed by atoms with Gasteiger partial charge in [0.2, 0.25) is 5.91 Å². The number of fused-ring (bicyclic) bond motifs is 1. The zero-order valence-corrected chi connectivity index (χ0v) is 11.6. The summed E-state index contributed by atoms with van der Waals surface area (Å²) >= 11 is 6.38. The van der Waals surface area contributed by atoms with Gasteiger partial charge in [-0.05, 0) is 23.3 Å². The number of imide groups is 1. The molecule has 102 valence electrons. The summed E-state index contributed by atoms with van der Waals surface area (Å²) in [5, 5.41) is -0.380. The van der Waals surface area contributed by atoms with Gasteiger partial charge < -0.3 is 4.42 Å². The topological polar surface area (TPSA) is 50.5 Å². The van der Waals surface area contributed by atoms with Crippen molar-refractivity contribution in [3.8, 4) is 0 Å². The number of hydrogen-bond donors (Lipinski definition) is 0. The minimum atomic E-state index is -0.380. The molecule has 5 heteroatoms. The molecule has 0 saturated carbocycles. The lowest BCUT2D eigenvalue weighted by Gasteiger charge is -2.24. The van der Waals surface area contributed by atoms with Crippen molar-refractivity contribution >= 4 is 23.4 Å². The third-order valence-corrected chi connectivity index (χ3v) is 4.02. The number of nitrogens with zero attached hydrogens (tertiary/aromatic N) is 1. The second kappa shape index (κ2) is 4.80. The fraction of sp³-hybridized carbons (Fsp3) is 0.200. The Kier molecular flexibility index (Phi) is 3.10. The Labute approximate surface area is 120 Å². The number of amides is 2. The van der Waals surface area contributed by atoms with E-state index in [1.165, 1.54) is 7.05 Å². The Bertz CT molecular complexity index is 678. The summed E-state index contributed by atoms with van der Waals surface area (Å²) in [6.07, 6.45) is 3.38. The molecule has 0 aliphatic carbocycles. The molecule has 2 aromatic rings. The van der Waals surface area contributed by atoms with Gasteiger partial charge in [-0.15, -0.1) is 11.6 Å². The van der Waals surface area contributed by atoms with Crippen LogP contribution in [0.5, 0.6) is 0 Å². The molecule has 0 N–H and O–H groups in total. The highest BCUT2D eigenvalue weighted by Gasteiger charge is 2.28. The third kappa shape index (κ3) is 2.02. The molecule has 2 amide bonds. The van der Waals surface area contributed by atoms with Crippen LogP contribution in [0.1, 0.15) is 32.4 Å². The van der Waals surface area contributed by atoms with Crippen LogP contribution >= 0.6 is 11.6 Å². The van der Waals surface area contributed by atoms with Crippen molar-refractivity contribution in [2.45, 2.75) is 11.8 Å². The molecule has 4 nitrogen and oxygen atoms in total. The fourth-order valence-corrected chi connectivity index (χ4v) is 2.55. The van der Waals surface area contributed by atoms with Gasteiger partial charge in [0.25, 0.3) is 5.91 Å². The van der Waals surface area contributed by atoms with Crippen LogP contribution in [0.3, 0.4) is 0 Å². The SMILES string of the molecule is CN1C(=O)Cc2ccc(C(Cl)c3ccoc3)cc2C1=O. The van der Waals surface area contributed by atoms with Crippen molar-refractivity contribution in [3.05, 3.63) is 59.0 Å². The number of alkyl halides is 1. The smallest absolute Gasteiger partial charge is 0.260 e. The van der Waals surface area contributed by atoms with Crippen molar-refractivity contribution in [3.63, 3.8) is 0 Å². The first-order chi connectivity index (χ1) is 9.58. The maximum atomic E-state index is 12.1. The van der Waals surface area contributed by atoms with E-state index in [0.717, 1.165) is 21.6 Å². The van der Waals surface area contributed by atoms with Crippen LogP contribution in [0.4, 0.5) is 0 Å². The van der Waals surface area contributed by atoms with E-state index in [2.05, 4.69) is 0 Å². The van der Waals surface area contributed by atoms with Crippen molar-refractivity contribution in [1.29, 1.82) is 0 Å². The lowest BCUT2D eigenvalue weighted by molar-refractivity contribution is -0.127. The Balaban J connectivity index is 2.01. The van der Waals surface area contributed by atoms with Crippen LogP contribution in [-0.2, 0) is 11.2 Å². The van der Waals surface area contributed by atoms with E-state index in [9.17, 15) is 9.59 Å². The summed E-state index contributed by atoms with van der Waals surface area (Å²) in [5.41, 5.74) is 2.93. The van der Waals surface area contributed by atoms with Gasteiger partial charge in [0.15, 0.2) is 0 Å². The van der Waals surface area contributed by atoms with Gasteiger partial charge >= 0.3 is 0 Å². The summed E-state index contributed by atoms with van der Waals surface area (Å²) in [6.45, 7) is 0. The van der Waals surface area contributed by atoms with Crippen LogP contribution in [0.25, 0.3) is 0 Å². The first-order valence-corrected chi connectivity index (χ1v) is 6.61. The summed E-state index contributed by atoms with van der Waals surface area (Å²) in [5.74, 6) is -0.471. The molecule has 20 heavy (non-hydrogen) atoms. The number of hydrogen-bond acceptors (Lipinski definition) is 3. The molecule has 0 spiro atoms. The van der Waals surface area contributed by atoms with E-state index in [1.807, 2.05) is 6.07 Å². The zero-order valence-electron chi connectivity index (χ0n) is 10.8. The quantitative estimate of drug-likeness (QED) is 0.631. The predicted octanol–water partition coefficient (Wildman–Crippen LogP) is 2.76. The van der Waals surface area contributed by atoms with Gasteiger partial charge in [0.05, 0.1) is 24.3 Å². The number of carbonyl (C=O) groups excluding carboxylic acids is 2. The lowest BCUT2D eigenvalue weighted by Crippen LogP contribution is -2.39. The molecule has 0 bridgehead atoms. The molecule has 0 fully saturated rings. The first kappa shape index (κ1) is 12.9. The number of benzene rings is 1. The molecule has 0 saturated heterocycles. The van der Waals surface area contributed by atoms with Gasteiger partial charge in [-0.25, -0.2) is 0 Å². The van der Waals surface area contributed by atoms with Gasteiger partial charge in [-0.1, -0.05) is 12.1 Å². The molecule has 1 aliphatic heterocycles. The number of likely N-dealkylation sites (N-methyl/N-ethyl adjacent to an activating group) is 1. The van der Waals surface area contributed by atoms with Gasteiger partial charge in [-0.3, -0.25) is 14.5 Å². The number of rotatable bonds is 2. The maximum Gasteiger partial charge on any atom is 0.260 e. The van der Waals surface area contributed by atoms with E-state index in [0.29, 0.717) is 5.56 Å². The van der Waals surface area contributed by atoms with Crippen molar-refractivity contribution in [2.75, 3.05) is 7.05 Å². The monoisotopic (exact) mass is 289 g/mol. The van der Waals surface area contributed by atoms with Crippen LogP contribution in [0, 0.1) is 0 Å². The Morgan fingerprint density at radius 2 is 2.05 bits per heavy atom. The number of carbonyl (C=O) groups is 2. The van der Waals surface area contributed by atoms with E-state index in [4.69, 9.17) is 16.0 Å². The third-order valence-electron chi connectivity index (χ3n) is 3.51. The van der Waals surface area contributed by atoms with Gasteiger partial charge in [0, 0.05) is 18.2 Å². The van der Waals surface area contributed by atoms with E-state index in [-0.39, 0.29) is 23.6 Å². The molecule has 2 heterocycles. The normalized spacial score (nSPS) is 16.2. The minimum Gasteiger partial charge on any atom is -0.472 e. The molecular weight excluding hydrogens is 278 g/mol. The minimum absolute atomic E-state index is 0.187. The number of furan rings is 1. The second-order valence-corrected chi connectivity index (χ2v) is 5.21. The summed E-state index contributed by atoms with van der Waals surface area (Å²) in [6, 6.07) is 7.18. The largest absolute Gasteiger partial charge is 0.472 e. The molecular formula is C15H12ClNO3. The molecule has 1 unspecified atom stereocenters. The fourth-order valence-electron chi connectivity index (χ4n) is 2.29. The lowest BCUT2D eigenvalue weighted by atomic mass is 9.94. The average Bonchev–Trinajstić information content (AvgIpc) is 2.98. The van der Waals surface area contributed by atoms with Crippen LogP contribution in [0.15, 0.2) is 41.2 Å². The molecule has 0 radical (unpaired) electrons. The Morgan fingerprint density at radius 3 is 2.75 bits per heavy atom. The summed E-state index contributed by atoms with van der Waals surface area (Å²) < 4.78 is 5.02. The zero-order chi connectivity index (χ0) is 14.3. The maximum absolute atomic E-state index is 12.1. The molecule has 1 atom stereocenters. The average molecular weight is 290 g/mol. The standard InChI is InChI=1S/C15H12ClNO3/c1-17-13(18)7-9-2-3-10(6-12(9)15(17)19)14(16)11-4-5-20-8-11/h2-6,8,14H,7H2,1H3. The number of halogens is 1. The summed E-state index contributed by atoms with van der Waals surface area (Å²) in [7, 11) is 1.49. The van der Waals surface area contributed by atoms with E-state index in [1.54, 1.807) is 30.7 Å². The molecule has 3 rings (SSSR count). The summed E-state index contributed by atoms with van der Waals surface area (Å²) in [4.78, 5) is 24.9. The highest BCUT2D eigenvalue weighted by Crippen LogP contribution is 2.31. The second-order valence-electron chi connectivity index (χ2n) is 4.77. The van der Waals surface area contributed by atoms with Crippen molar-refractivity contribution in [1.82, 2.24) is 4.90 Å². The Morgan fingerprint density at radius 1 is 1.25 bits per heavy atom. The van der Waals surface area contributed by atoms with Crippen LogP contribution in [0.2, 0.25) is 0 Å². The molecule has 1 aromatic carbocycles. The van der Waals surface area contributed by atoms with Crippen molar-refractivity contribution in [2.24, 2.45) is 0 Å². The van der Waals surface area contributed by atoms with Crippen molar-refractivity contribution < 1.29 is 14.0 Å². The Hall–Kier alpha value is -2.07. The highest BCUT2D eigenvalue weighted by molar-refractivity contribution is 6.22. The van der Waals surface area contributed by atoms with Crippen LogP contribution in [-0.4, -0.2) is 23.8 Å². The van der Waals surface area contributed by atoms with Gasteiger partial charge in [-0.2, -0.15) is 0 Å². The molecule has 1 aromatic heterocycles. The van der Waals surface area contributed by atoms with E-state index >= 15 is 0 Å². The predicted molar refractivity (Wildman–Crippen MR) is 73.7 cm³/mol. The van der Waals surface area contributed by atoms with Crippen LogP contribution < -0.4 is 0 Å². The van der Waals surface area contributed by atoms with E-state index < -0.39 is 0 Å². The molecule has 1 aliphatic rings. The first-order valence-electron chi connectivity index (χ1n) is 6.18. The highest BCUT2D eigenvalue weighted by atomic mass is 35.5. The van der Waals surface area contributed by atoms with Gasteiger partial charge in [0.1, 0.15) is 0 Å².